The van der Waals surface area contributed by atoms with Crippen LogP contribution in [-0.4, -0.2) is 31.8 Å². The van der Waals surface area contributed by atoms with Crippen LogP contribution in [0.25, 0.3) is 0 Å². The number of benzene rings is 3. The summed E-state index contributed by atoms with van der Waals surface area (Å²) < 4.78 is 23.6. The first-order chi connectivity index (χ1) is 16.7. The zero-order valence-electron chi connectivity index (χ0n) is 20.1. The summed E-state index contributed by atoms with van der Waals surface area (Å²) in [6.07, 6.45) is 2.61. The van der Waals surface area contributed by atoms with E-state index in [2.05, 4.69) is 60.4 Å². The molecule has 2 atom stereocenters. The van der Waals surface area contributed by atoms with Gasteiger partial charge in [-0.25, -0.2) is 13.6 Å². The van der Waals surface area contributed by atoms with Crippen LogP contribution in [0.2, 0.25) is 0 Å². The number of primary sulfonamides is 1. The summed E-state index contributed by atoms with van der Waals surface area (Å²) in [6.45, 7) is 5.05. The molecule has 1 amide bonds. The first-order valence-corrected chi connectivity index (χ1v) is 13.6. The minimum Gasteiger partial charge on any atom is -0.308 e. The number of hydrogen-bond donors (Lipinski definition) is 1. The molecule has 0 radical (unpaired) electrons. The van der Waals surface area contributed by atoms with E-state index in [1.54, 1.807) is 12.1 Å². The van der Waals surface area contributed by atoms with Crippen molar-refractivity contribution in [2.24, 2.45) is 5.14 Å². The van der Waals surface area contributed by atoms with Crippen molar-refractivity contribution in [2.75, 3.05) is 11.4 Å². The Morgan fingerprint density at radius 1 is 1.06 bits per heavy atom. The van der Waals surface area contributed by atoms with Crippen molar-refractivity contribution in [2.45, 2.75) is 56.6 Å². The van der Waals surface area contributed by atoms with Gasteiger partial charge in [-0.2, -0.15) is 0 Å². The second-order valence-electron chi connectivity index (χ2n) is 9.80. The van der Waals surface area contributed by atoms with Crippen molar-refractivity contribution in [1.82, 2.24) is 4.90 Å². The van der Waals surface area contributed by atoms with Crippen molar-refractivity contribution >= 4 is 21.6 Å². The van der Waals surface area contributed by atoms with Crippen LogP contribution in [-0.2, 0) is 34.2 Å². The van der Waals surface area contributed by atoms with E-state index in [1.165, 1.54) is 28.3 Å². The second-order valence-corrected chi connectivity index (χ2v) is 11.4. The number of amides is 1. The van der Waals surface area contributed by atoms with Gasteiger partial charge in [-0.15, -0.1) is 0 Å². The van der Waals surface area contributed by atoms with E-state index in [1.807, 2.05) is 11.8 Å². The van der Waals surface area contributed by atoms with Gasteiger partial charge < -0.3 is 4.90 Å². The van der Waals surface area contributed by atoms with Crippen LogP contribution in [0.5, 0.6) is 0 Å². The molecule has 2 N–H and O–H groups in total. The fraction of sp³-hybridized carbons (Fsp3) is 0.321. The molecule has 1 aliphatic heterocycles. The molecule has 6 nitrogen and oxygen atoms in total. The van der Waals surface area contributed by atoms with E-state index in [9.17, 15) is 13.2 Å². The van der Waals surface area contributed by atoms with Crippen LogP contribution in [0.1, 0.15) is 47.2 Å². The maximum atomic E-state index is 13.8. The topological polar surface area (TPSA) is 83.7 Å². The van der Waals surface area contributed by atoms with E-state index in [4.69, 9.17) is 5.14 Å². The van der Waals surface area contributed by atoms with Crippen molar-refractivity contribution < 1.29 is 13.2 Å². The van der Waals surface area contributed by atoms with Crippen LogP contribution in [0, 0.1) is 6.92 Å². The van der Waals surface area contributed by atoms with E-state index in [-0.39, 0.29) is 29.4 Å². The zero-order valence-corrected chi connectivity index (χ0v) is 21.0. The molecule has 0 fully saturated rings. The number of rotatable bonds is 6. The third kappa shape index (κ3) is 4.76. The predicted molar refractivity (Wildman–Crippen MR) is 138 cm³/mol. The molecule has 0 aromatic heterocycles. The standard InChI is InChI=1S/C28H31N3O3S/c1-19-7-9-21(10-8-19)17-30(27-13-11-22-5-3-4-6-25(22)27)18-28(32)31-20(2)15-23-16-24(35(29,33)34)12-14-26(23)31/h3-10,12,14,16,20,27H,11,13,15,17-18H2,1-2H3,(H2,29,33,34). The second kappa shape index (κ2) is 9.22. The summed E-state index contributed by atoms with van der Waals surface area (Å²) in [4.78, 5) is 18.0. The Labute approximate surface area is 207 Å². The molecule has 0 saturated heterocycles. The lowest BCUT2D eigenvalue weighted by Gasteiger charge is -2.32. The van der Waals surface area contributed by atoms with Gasteiger partial charge in [-0.05, 0) is 73.6 Å². The third-order valence-electron chi connectivity index (χ3n) is 7.25. The van der Waals surface area contributed by atoms with Gasteiger partial charge in [0.05, 0.1) is 11.4 Å². The molecule has 0 saturated carbocycles. The first-order valence-electron chi connectivity index (χ1n) is 12.1. The first kappa shape index (κ1) is 23.7. The lowest BCUT2D eigenvalue weighted by atomic mass is 10.1. The number of carbonyl (C=O) groups excluding carboxylic acids is 1. The van der Waals surface area contributed by atoms with Gasteiger partial charge in [-0.3, -0.25) is 9.69 Å². The molecule has 0 bridgehead atoms. The highest BCUT2D eigenvalue weighted by Crippen LogP contribution is 2.38. The van der Waals surface area contributed by atoms with Gasteiger partial charge in [0.25, 0.3) is 0 Å². The average molecular weight is 490 g/mol. The fourth-order valence-electron chi connectivity index (χ4n) is 5.53. The predicted octanol–water partition coefficient (Wildman–Crippen LogP) is 4.11. The molecular formula is C28H31N3O3S. The minimum atomic E-state index is -3.79. The van der Waals surface area contributed by atoms with Gasteiger partial charge in [0, 0.05) is 24.3 Å². The van der Waals surface area contributed by atoms with Gasteiger partial charge in [0.2, 0.25) is 15.9 Å². The van der Waals surface area contributed by atoms with Gasteiger partial charge in [0.15, 0.2) is 0 Å². The van der Waals surface area contributed by atoms with Crippen LogP contribution >= 0.6 is 0 Å². The molecule has 1 heterocycles. The average Bonchev–Trinajstić information content (AvgIpc) is 3.39. The van der Waals surface area contributed by atoms with Gasteiger partial charge >= 0.3 is 0 Å². The van der Waals surface area contributed by atoms with Crippen molar-refractivity contribution in [1.29, 1.82) is 0 Å². The Bertz CT molecular complexity index is 1370. The molecule has 3 aromatic rings. The SMILES string of the molecule is Cc1ccc(CN(CC(=O)N2c3ccc(S(N)(=O)=O)cc3CC2C)C2CCc3ccccc32)cc1. The number of fused-ring (bicyclic) bond motifs is 2. The van der Waals surface area contributed by atoms with Crippen LogP contribution in [0.15, 0.2) is 71.6 Å². The maximum absolute atomic E-state index is 13.8. The molecule has 0 spiro atoms. The molecule has 182 valence electrons. The smallest absolute Gasteiger partial charge is 0.241 e. The molecule has 2 unspecified atom stereocenters. The largest absolute Gasteiger partial charge is 0.308 e. The Kier molecular flexibility index (Phi) is 6.25. The number of hydrogen-bond acceptors (Lipinski definition) is 4. The number of sulfonamides is 1. The highest BCUT2D eigenvalue weighted by atomic mass is 32.2. The number of aryl methyl sites for hydroxylation is 2. The van der Waals surface area contributed by atoms with Crippen LogP contribution in [0.4, 0.5) is 5.69 Å². The van der Waals surface area contributed by atoms with Gasteiger partial charge in [-0.1, -0.05) is 54.1 Å². The number of nitrogens with two attached hydrogens (primary N) is 1. The quantitative estimate of drug-likeness (QED) is 0.565. The summed E-state index contributed by atoms with van der Waals surface area (Å²) in [5, 5.41) is 5.32. The molecular weight excluding hydrogens is 458 g/mol. The van der Waals surface area contributed by atoms with E-state index >= 15 is 0 Å². The van der Waals surface area contributed by atoms with Crippen LogP contribution < -0.4 is 10.0 Å². The van der Waals surface area contributed by atoms with Crippen molar-refractivity contribution in [3.63, 3.8) is 0 Å². The van der Waals surface area contributed by atoms with Crippen molar-refractivity contribution in [3.8, 4) is 0 Å². The van der Waals surface area contributed by atoms with E-state index < -0.39 is 10.0 Å². The Morgan fingerprint density at radius 2 is 1.80 bits per heavy atom. The summed E-state index contributed by atoms with van der Waals surface area (Å²) in [7, 11) is -3.79. The maximum Gasteiger partial charge on any atom is 0.241 e. The zero-order chi connectivity index (χ0) is 24.7. The highest BCUT2D eigenvalue weighted by molar-refractivity contribution is 7.89. The van der Waals surface area contributed by atoms with Crippen LogP contribution in [0.3, 0.4) is 0 Å². The Balaban J connectivity index is 1.44. The highest BCUT2D eigenvalue weighted by Gasteiger charge is 2.35. The van der Waals surface area contributed by atoms with Crippen molar-refractivity contribution in [3.05, 3.63) is 94.5 Å². The molecule has 2 aliphatic rings. The number of anilines is 1. The normalized spacial score (nSPS) is 19.1. The fourth-order valence-corrected chi connectivity index (χ4v) is 6.10. The summed E-state index contributed by atoms with van der Waals surface area (Å²) in [6, 6.07) is 21.9. The summed E-state index contributed by atoms with van der Waals surface area (Å²) in [5.74, 6) is 0.0242. The lowest BCUT2D eigenvalue weighted by molar-refractivity contribution is -0.120. The number of carbonyl (C=O) groups is 1. The Hall–Kier alpha value is -3.00. The molecule has 35 heavy (non-hydrogen) atoms. The Morgan fingerprint density at radius 3 is 2.54 bits per heavy atom. The monoisotopic (exact) mass is 489 g/mol. The molecule has 5 rings (SSSR count). The number of nitrogens with zero attached hydrogens (tertiary/aromatic N) is 2. The van der Waals surface area contributed by atoms with E-state index in [0.717, 1.165) is 24.1 Å². The van der Waals surface area contributed by atoms with E-state index in [0.29, 0.717) is 13.0 Å². The third-order valence-corrected chi connectivity index (χ3v) is 8.16. The minimum absolute atomic E-state index is 0.0242. The summed E-state index contributed by atoms with van der Waals surface area (Å²) >= 11 is 0. The molecule has 1 aliphatic carbocycles. The van der Waals surface area contributed by atoms with Gasteiger partial charge in [0.1, 0.15) is 0 Å². The molecule has 7 heteroatoms. The lowest BCUT2D eigenvalue weighted by Crippen LogP contribution is -2.43. The summed E-state index contributed by atoms with van der Waals surface area (Å²) in [5.41, 5.74) is 6.67. The molecule has 3 aromatic carbocycles.